The number of carbonyl (C=O) groups is 1. The fourth-order valence-electron chi connectivity index (χ4n) is 6.40. The van der Waals surface area contributed by atoms with E-state index < -0.39 is 0 Å². The minimum atomic E-state index is 0.0294. The lowest BCUT2D eigenvalue weighted by Gasteiger charge is -2.41. The number of rotatable bonds is 4. The molecule has 2 bridgehead atoms. The molecular formula is C30H35N3O3. The van der Waals surface area contributed by atoms with Crippen molar-refractivity contribution in [3.63, 3.8) is 0 Å². The minimum absolute atomic E-state index is 0.0294. The number of nitrogens with one attached hydrogen (secondary N) is 1. The number of carbonyl (C=O) groups excluding carboxylic acids is 1. The number of nitrogens with zero attached hydrogens (tertiary/aromatic N) is 2. The van der Waals surface area contributed by atoms with Gasteiger partial charge in [0.1, 0.15) is 12.7 Å². The number of allylic oxidation sites excluding steroid dienone is 5. The molecule has 1 aromatic heterocycles. The highest BCUT2D eigenvalue weighted by molar-refractivity contribution is 5.88. The summed E-state index contributed by atoms with van der Waals surface area (Å²) in [7, 11) is 0. The van der Waals surface area contributed by atoms with Crippen molar-refractivity contribution in [1.82, 2.24) is 15.2 Å². The van der Waals surface area contributed by atoms with E-state index in [1.807, 2.05) is 31.3 Å². The molecule has 0 radical (unpaired) electrons. The molecule has 1 amide bonds. The summed E-state index contributed by atoms with van der Waals surface area (Å²) in [6.45, 7) is 3.51. The average Bonchev–Trinajstić information content (AvgIpc) is 3.10. The zero-order chi connectivity index (χ0) is 24.5. The number of piperidine rings is 1. The van der Waals surface area contributed by atoms with Gasteiger partial charge in [-0.1, -0.05) is 18.2 Å². The second kappa shape index (κ2) is 10.1. The molecule has 188 valence electrons. The molecule has 0 saturated carbocycles. The third kappa shape index (κ3) is 4.92. The largest absolute Gasteiger partial charge is 0.486 e. The molecule has 4 aliphatic heterocycles. The number of pyridine rings is 1. The summed E-state index contributed by atoms with van der Waals surface area (Å²) < 4.78 is 12.7. The molecule has 2 aromatic rings. The van der Waals surface area contributed by atoms with Gasteiger partial charge in [-0.25, -0.2) is 0 Å². The number of amides is 1. The highest BCUT2D eigenvalue weighted by Gasteiger charge is 2.42. The van der Waals surface area contributed by atoms with Gasteiger partial charge in [-0.3, -0.25) is 14.7 Å². The molecule has 0 spiro atoms. The monoisotopic (exact) mass is 485 g/mol. The number of ether oxygens (including phenoxy) is 2. The Bertz CT molecular complexity index is 1220. The molecule has 2 fully saturated rings. The van der Waals surface area contributed by atoms with Crippen LogP contribution < -0.4 is 14.8 Å². The first-order valence-electron chi connectivity index (χ1n) is 13.4. The zero-order valence-electron chi connectivity index (χ0n) is 21.0. The van der Waals surface area contributed by atoms with Crippen LogP contribution in [-0.2, 0) is 4.79 Å². The van der Waals surface area contributed by atoms with Gasteiger partial charge < -0.3 is 14.8 Å². The fraction of sp³-hybridized carbons (Fsp3) is 0.467. The molecule has 2 unspecified atom stereocenters. The van der Waals surface area contributed by atoms with E-state index >= 15 is 0 Å². The number of hydrogen-bond acceptors (Lipinski definition) is 5. The Morgan fingerprint density at radius 3 is 2.86 bits per heavy atom. The van der Waals surface area contributed by atoms with E-state index in [1.54, 1.807) is 0 Å². The molecule has 6 heteroatoms. The van der Waals surface area contributed by atoms with Crippen LogP contribution in [0.4, 0.5) is 0 Å². The van der Waals surface area contributed by atoms with E-state index in [1.165, 1.54) is 31.3 Å². The maximum atomic E-state index is 11.8. The van der Waals surface area contributed by atoms with Crippen molar-refractivity contribution < 1.29 is 14.3 Å². The Balaban J connectivity index is 1.11. The maximum absolute atomic E-state index is 11.8. The Morgan fingerprint density at radius 1 is 1.14 bits per heavy atom. The highest BCUT2D eigenvalue weighted by Crippen LogP contribution is 2.43. The van der Waals surface area contributed by atoms with Crippen LogP contribution in [0, 0.1) is 12.8 Å². The van der Waals surface area contributed by atoms with Gasteiger partial charge in [-0.05, 0) is 87.3 Å². The van der Waals surface area contributed by atoms with Crippen LogP contribution in [0.5, 0.6) is 11.5 Å². The molecule has 0 aliphatic carbocycles. The molecule has 5 heterocycles. The molecule has 3 atom stereocenters. The summed E-state index contributed by atoms with van der Waals surface area (Å²) in [6, 6.07) is 9.35. The van der Waals surface area contributed by atoms with Crippen LogP contribution in [-0.4, -0.2) is 47.1 Å². The third-order valence-corrected chi connectivity index (χ3v) is 8.08. The molecule has 36 heavy (non-hydrogen) atoms. The number of hydrogen-bond donors (Lipinski definition) is 1. The second-order valence-corrected chi connectivity index (χ2v) is 10.7. The van der Waals surface area contributed by atoms with Crippen LogP contribution in [0.2, 0.25) is 0 Å². The van der Waals surface area contributed by atoms with Crippen molar-refractivity contribution in [1.29, 1.82) is 0 Å². The van der Waals surface area contributed by atoms with Crippen molar-refractivity contribution in [3.8, 4) is 11.5 Å². The Kier molecular flexibility index (Phi) is 6.53. The van der Waals surface area contributed by atoms with Gasteiger partial charge in [0.2, 0.25) is 5.91 Å². The number of fused-ring (bicyclic) bond motifs is 5. The van der Waals surface area contributed by atoms with E-state index in [-0.39, 0.29) is 12.0 Å². The van der Waals surface area contributed by atoms with Gasteiger partial charge in [0.25, 0.3) is 0 Å². The van der Waals surface area contributed by atoms with Crippen LogP contribution >= 0.6 is 0 Å². The molecule has 2 saturated heterocycles. The summed E-state index contributed by atoms with van der Waals surface area (Å²) in [5.74, 6) is 2.42. The maximum Gasteiger partial charge on any atom is 0.224 e. The van der Waals surface area contributed by atoms with Gasteiger partial charge in [-0.2, -0.15) is 0 Å². The fourth-order valence-corrected chi connectivity index (χ4v) is 6.40. The SMILES string of the molecule is Cc1ccc2c3c(ccc2n1)OC[C@H](CN1C2CCC1CC(CC1=CC=CCCC(=O)NC=C1)C2)O3. The average molecular weight is 486 g/mol. The molecule has 6 rings (SSSR count). The van der Waals surface area contributed by atoms with Crippen molar-refractivity contribution in [2.24, 2.45) is 5.92 Å². The first-order chi connectivity index (χ1) is 17.6. The minimum Gasteiger partial charge on any atom is -0.486 e. The van der Waals surface area contributed by atoms with E-state index in [0.29, 0.717) is 31.0 Å². The van der Waals surface area contributed by atoms with Crippen molar-refractivity contribution in [2.45, 2.75) is 70.1 Å². The van der Waals surface area contributed by atoms with Crippen LogP contribution in [0.15, 0.2) is 60.3 Å². The molecule has 1 N–H and O–H groups in total. The Hall–Kier alpha value is -3.12. The molecular weight excluding hydrogens is 450 g/mol. The van der Waals surface area contributed by atoms with Crippen molar-refractivity contribution in [2.75, 3.05) is 13.2 Å². The quantitative estimate of drug-likeness (QED) is 0.643. The lowest BCUT2D eigenvalue weighted by molar-refractivity contribution is -0.120. The van der Waals surface area contributed by atoms with E-state index in [2.05, 4.69) is 45.6 Å². The van der Waals surface area contributed by atoms with E-state index in [9.17, 15) is 4.79 Å². The number of benzene rings is 1. The van der Waals surface area contributed by atoms with Gasteiger partial charge in [0.15, 0.2) is 11.5 Å². The van der Waals surface area contributed by atoms with Crippen LogP contribution in [0.25, 0.3) is 10.9 Å². The van der Waals surface area contributed by atoms with Gasteiger partial charge in [0, 0.05) is 42.3 Å². The molecule has 6 nitrogen and oxygen atoms in total. The smallest absolute Gasteiger partial charge is 0.224 e. The van der Waals surface area contributed by atoms with Crippen LogP contribution in [0.1, 0.15) is 50.6 Å². The van der Waals surface area contributed by atoms with E-state index in [4.69, 9.17) is 9.47 Å². The van der Waals surface area contributed by atoms with Gasteiger partial charge in [-0.15, -0.1) is 0 Å². The lowest BCUT2D eigenvalue weighted by Crippen LogP contribution is -2.49. The van der Waals surface area contributed by atoms with Crippen molar-refractivity contribution in [3.05, 3.63) is 66.0 Å². The summed E-state index contributed by atoms with van der Waals surface area (Å²) in [5, 5.41) is 3.92. The number of aryl methyl sites for hydroxylation is 1. The predicted octanol–water partition coefficient (Wildman–Crippen LogP) is 5.22. The summed E-state index contributed by atoms with van der Waals surface area (Å²) in [5.41, 5.74) is 3.26. The highest BCUT2D eigenvalue weighted by atomic mass is 16.6. The zero-order valence-corrected chi connectivity index (χ0v) is 21.0. The molecule has 4 aliphatic rings. The first-order valence-corrected chi connectivity index (χ1v) is 13.4. The standard InChI is InChI=1S/C30H35N3O3/c1-20-7-10-26-27(32-20)11-12-28-30(26)36-25(19-35-28)18-33-23-8-9-24(33)17-22(16-23)15-21-5-3-2-4-6-29(34)31-14-13-21/h2-3,5,7,10-14,22-25H,4,6,8-9,15-19H2,1H3,(H,31,34)/t22?,23?,24?,25-/m0/s1. The topological polar surface area (TPSA) is 63.7 Å². The van der Waals surface area contributed by atoms with Gasteiger partial charge >= 0.3 is 0 Å². The predicted molar refractivity (Wildman–Crippen MR) is 141 cm³/mol. The summed E-state index contributed by atoms with van der Waals surface area (Å²) in [4.78, 5) is 19.1. The lowest BCUT2D eigenvalue weighted by atomic mass is 9.85. The number of aromatic nitrogens is 1. The Labute approximate surface area is 213 Å². The normalized spacial score (nSPS) is 28.1. The molecule has 1 aromatic carbocycles. The summed E-state index contributed by atoms with van der Waals surface area (Å²) >= 11 is 0. The van der Waals surface area contributed by atoms with E-state index in [0.717, 1.165) is 47.5 Å². The van der Waals surface area contributed by atoms with Crippen LogP contribution in [0.3, 0.4) is 0 Å². The first kappa shape index (κ1) is 23.3. The Morgan fingerprint density at radius 2 is 2.00 bits per heavy atom. The van der Waals surface area contributed by atoms with Gasteiger partial charge in [0.05, 0.1) is 5.52 Å². The second-order valence-electron chi connectivity index (χ2n) is 10.7. The van der Waals surface area contributed by atoms with Crippen molar-refractivity contribution >= 4 is 16.8 Å². The summed E-state index contributed by atoms with van der Waals surface area (Å²) in [6.07, 6.45) is 17.7. The third-order valence-electron chi connectivity index (χ3n) is 8.08.